The Bertz CT molecular complexity index is 925. The molecular weight excluding hydrogens is 372 g/mol. The van der Waals surface area contributed by atoms with Crippen LogP contribution in [0.2, 0.25) is 0 Å². The van der Waals surface area contributed by atoms with E-state index in [1.54, 1.807) is 39.1 Å². The molecule has 1 aliphatic carbocycles. The molecule has 156 valence electrons. The van der Waals surface area contributed by atoms with Gasteiger partial charge in [0.1, 0.15) is 11.1 Å². The molecule has 8 nitrogen and oxygen atoms in total. The summed E-state index contributed by atoms with van der Waals surface area (Å²) in [6.45, 7) is 7.12. The molecule has 0 aliphatic heterocycles. The van der Waals surface area contributed by atoms with Gasteiger partial charge in [0.2, 0.25) is 0 Å². The van der Waals surface area contributed by atoms with E-state index in [9.17, 15) is 14.7 Å². The lowest BCUT2D eigenvalue weighted by atomic mass is 9.79. The maximum absolute atomic E-state index is 13.1. The van der Waals surface area contributed by atoms with Crippen LogP contribution in [-0.4, -0.2) is 44.3 Å². The van der Waals surface area contributed by atoms with Gasteiger partial charge in [0.15, 0.2) is 5.60 Å². The summed E-state index contributed by atoms with van der Waals surface area (Å²) >= 11 is 0. The number of hydrogen-bond donors (Lipinski definition) is 3. The number of aryl methyl sites for hydroxylation is 1. The summed E-state index contributed by atoms with van der Waals surface area (Å²) in [6.07, 6.45) is 3.19. The van der Waals surface area contributed by atoms with E-state index in [4.69, 9.17) is 4.74 Å². The molecule has 3 rings (SSSR count). The number of rotatable bonds is 3. The Hall–Kier alpha value is -2.74. The van der Waals surface area contributed by atoms with E-state index >= 15 is 0 Å². The Morgan fingerprint density at radius 1 is 1.28 bits per heavy atom. The van der Waals surface area contributed by atoms with Crippen molar-refractivity contribution in [3.05, 3.63) is 30.1 Å². The first-order valence-electron chi connectivity index (χ1n) is 9.84. The quantitative estimate of drug-likeness (QED) is 0.730. The Balaban J connectivity index is 1.81. The SMILES string of the molecule is Cc1cnc2c(NC(=O)C3(O)CCCCC3NC(=O)OC(C)(C)C)cccc2n1. The van der Waals surface area contributed by atoms with E-state index in [1.807, 2.05) is 13.0 Å². The van der Waals surface area contributed by atoms with E-state index in [-0.39, 0.29) is 6.42 Å². The van der Waals surface area contributed by atoms with Gasteiger partial charge in [0.05, 0.1) is 22.9 Å². The second kappa shape index (κ2) is 7.94. The molecule has 29 heavy (non-hydrogen) atoms. The Kier molecular flexibility index (Phi) is 5.75. The van der Waals surface area contributed by atoms with E-state index in [1.165, 1.54) is 0 Å². The van der Waals surface area contributed by atoms with Gasteiger partial charge in [-0.3, -0.25) is 9.78 Å². The number of hydrogen-bond acceptors (Lipinski definition) is 6. The molecule has 1 aliphatic rings. The Labute approximate surface area is 170 Å². The van der Waals surface area contributed by atoms with Gasteiger partial charge in [-0.25, -0.2) is 9.78 Å². The summed E-state index contributed by atoms with van der Waals surface area (Å²) in [6, 6.07) is 4.56. The fraction of sp³-hybridized carbons (Fsp3) is 0.524. The zero-order valence-electron chi connectivity index (χ0n) is 17.3. The second-order valence-corrected chi connectivity index (χ2v) is 8.51. The standard InChI is InChI=1S/C21H28N4O4/c1-13-12-22-17-14(23-13)8-7-9-15(17)24-18(26)21(28)11-6-5-10-16(21)25-19(27)29-20(2,3)4/h7-9,12,16,28H,5-6,10-11H2,1-4H3,(H,24,26)(H,25,27). The molecule has 3 N–H and O–H groups in total. The highest BCUT2D eigenvalue weighted by molar-refractivity contribution is 6.03. The number of para-hydroxylation sites is 1. The van der Waals surface area contributed by atoms with Crippen LogP contribution in [0, 0.1) is 6.92 Å². The third-order valence-electron chi connectivity index (χ3n) is 4.90. The van der Waals surface area contributed by atoms with Gasteiger partial charge in [-0.2, -0.15) is 0 Å². The molecule has 2 aromatic rings. The van der Waals surface area contributed by atoms with Crippen molar-refractivity contribution in [3.8, 4) is 0 Å². The highest BCUT2D eigenvalue weighted by Gasteiger charge is 2.46. The first-order chi connectivity index (χ1) is 13.6. The molecule has 0 bridgehead atoms. The van der Waals surface area contributed by atoms with Crippen LogP contribution in [0.1, 0.15) is 52.1 Å². The number of aromatic nitrogens is 2. The number of ether oxygens (including phenoxy) is 1. The van der Waals surface area contributed by atoms with Gasteiger partial charge in [0, 0.05) is 6.20 Å². The van der Waals surface area contributed by atoms with Crippen molar-refractivity contribution in [2.75, 3.05) is 5.32 Å². The molecule has 1 heterocycles. The van der Waals surface area contributed by atoms with E-state index in [2.05, 4.69) is 20.6 Å². The minimum absolute atomic E-state index is 0.245. The predicted molar refractivity (Wildman–Crippen MR) is 109 cm³/mol. The molecule has 1 saturated carbocycles. The summed E-state index contributed by atoms with van der Waals surface area (Å²) < 4.78 is 5.29. The monoisotopic (exact) mass is 400 g/mol. The Morgan fingerprint density at radius 3 is 2.76 bits per heavy atom. The molecule has 0 radical (unpaired) electrons. The predicted octanol–water partition coefficient (Wildman–Crippen LogP) is 3.08. The minimum Gasteiger partial charge on any atom is -0.444 e. The molecule has 0 spiro atoms. The zero-order valence-corrected chi connectivity index (χ0v) is 17.3. The number of nitrogens with zero attached hydrogens (tertiary/aromatic N) is 2. The lowest BCUT2D eigenvalue weighted by molar-refractivity contribution is -0.140. The number of aliphatic hydroxyl groups is 1. The van der Waals surface area contributed by atoms with Gasteiger partial charge in [0.25, 0.3) is 5.91 Å². The first-order valence-corrected chi connectivity index (χ1v) is 9.84. The maximum atomic E-state index is 13.1. The highest BCUT2D eigenvalue weighted by atomic mass is 16.6. The topological polar surface area (TPSA) is 113 Å². The largest absolute Gasteiger partial charge is 0.444 e. The minimum atomic E-state index is -1.74. The maximum Gasteiger partial charge on any atom is 0.407 e. The average molecular weight is 400 g/mol. The normalized spacial score (nSPS) is 22.2. The van der Waals surface area contributed by atoms with E-state index in [0.29, 0.717) is 29.6 Å². The smallest absolute Gasteiger partial charge is 0.407 e. The number of alkyl carbamates (subject to hydrolysis) is 1. The molecule has 0 saturated heterocycles. The number of carbonyl (C=O) groups excluding carboxylic acids is 2. The van der Waals surface area contributed by atoms with Crippen LogP contribution >= 0.6 is 0 Å². The van der Waals surface area contributed by atoms with Crippen molar-refractivity contribution >= 4 is 28.7 Å². The molecule has 2 unspecified atom stereocenters. The molecule has 1 aromatic carbocycles. The van der Waals surface area contributed by atoms with Crippen molar-refractivity contribution < 1.29 is 19.4 Å². The van der Waals surface area contributed by atoms with Gasteiger partial charge in [-0.05, 0) is 59.1 Å². The van der Waals surface area contributed by atoms with Crippen LogP contribution in [0.3, 0.4) is 0 Å². The summed E-state index contributed by atoms with van der Waals surface area (Å²) in [4.78, 5) is 34.1. The van der Waals surface area contributed by atoms with Crippen LogP contribution in [0.5, 0.6) is 0 Å². The highest BCUT2D eigenvalue weighted by Crippen LogP contribution is 2.31. The van der Waals surface area contributed by atoms with E-state index in [0.717, 1.165) is 12.1 Å². The fourth-order valence-electron chi connectivity index (χ4n) is 3.53. The molecule has 2 amide bonds. The van der Waals surface area contributed by atoms with Crippen LogP contribution in [0.15, 0.2) is 24.4 Å². The number of fused-ring (bicyclic) bond motifs is 1. The molecule has 1 fully saturated rings. The van der Waals surface area contributed by atoms with E-state index < -0.39 is 29.2 Å². The third-order valence-corrected chi connectivity index (χ3v) is 4.90. The lowest BCUT2D eigenvalue weighted by Crippen LogP contribution is -2.61. The van der Waals surface area contributed by atoms with Gasteiger partial charge in [-0.15, -0.1) is 0 Å². The summed E-state index contributed by atoms with van der Waals surface area (Å²) in [5.74, 6) is -0.576. The number of anilines is 1. The van der Waals surface area contributed by atoms with Crippen LogP contribution in [0.4, 0.5) is 10.5 Å². The first kappa shape index (κ1) is 21.0. The van der Waals surface area contributed by atoms with Gasteiger partial charge in [-0.1, -0.05) is 12.5 Å². The zero-order chi connectivity index (χ0) is 21.2. The van der Waals surface area contributed by atoms with Crippen LogP contribution in [-0.2, 0) is 9.53 Å². The molecule has 2 atom stereocenters. The Morgan fingerprint density at radius 2 is 2.03 bits per heavy atom. The van der Waals surface area contributed by atoms with Gasteiger partial charge < -0.3 is 20.5 Å². The molecule has 8 heteroatoms. The lowest BCUT2D eigenvalue weighted by Gasteiger charge is -2.39. The van der Waals surface area contributed by atoms with Crippen LogP contribution in [0.25, 0.3) is 11.0 Å². The third kappa shape index (κ3) is 4.82. The number of nitrogens with one attached hydrogen (secondary N) is 2. The molecule has 1 aromatic heterocycles. The number of amides is 2. The fourth-order valence-corrected chi connectivity index (χ4v) is 3.53. The summed E-state index contributed by atoms with van der Waals surface area (Å²) in [7, 11) is 0. The number of benzene rings is 1. The average Bonchev–Trinajstić information content (AvgIpc) is 2.62. The summed E-state index contributed by atoms with van der Waals surface area (Å²) in [5.41, 5.74) is 0.0295. The van der Waals surface area contributed by atoms with Crippen molar-refractivity contribution in [3.63, 3.8) is 0 Å². The molecular formula is C21H28N4O4. The van der Waals surface area contributed by atoms with Crippen molar-refractivity contribution in [2.24, 2.45) is 0 Å². The van der Waals surface area contributed by atoms with Crippen LogP contribution < -0.4 is 10.6 Å². The summed E-state index contributed by atoms with van der Waals surface area (Å²) in [5, 5.41) is 16.7. The second-order valence-electron chi connectivity index (χ2n) is 8.51. The van der Waals surface area contributed by atoms with Crippen molar-refractivity contribution in [2.45, 2.75) is 70.6 Å². The van der Waals surface area contributed by atoms with Crippen molar-refractivity contribution in [1.82, 2.24) is 15.3 Å². The van der Waals surface area contributed by atoms with Gasteiger partial charge >= 0.3 is 6.09 Å². The van der Waals surface area contributed by atoms with Crippen molar-refractivity contribution in [1.29, 1.82) is 0 Å². The number of carbonyl (C=O) groups is 2.